The molecule has 0 unspecified atom stereocenters. The van der Waals surface area contributed by atoms with Gasteiger partial charge in [0.05, 0.1) is 5.69 Å². The number of H-pyrrole nitrogens is 1. The van der Waals surface area contributed by atoms with E-state index in [0.29, 0.717) is 12.6 Å². The van der Waals surface area contributed by atoms with E-state index in [2.05, 4.69) is 41.5 Å². The quantitative estimate of drug-likeness (QED) is 0.479. The normalized spacial score (nSPS) is 14.9. The standard InChI is InChI=1S/C26H28N4O/c1-18-12-14-19(15-13-18)24-23-16-20(17-27-21-8-4-2-5-9-21)26(31)28-25(23)30(29-24)22-10-6-3-7-11-22/h3,6-7,10-16,21,27H,2,4-5,8-9,17H2,1H3,(H,28,31). The molecule has 0 bridgehead atoms. The number of fused-ring (bicyclic) bond motifs is 1. The first-order chi connectivity index (χ1) is 15.2. The maximum absolute atomic E-state index is 12.9. The highest BCUT2D eigenvalue weighted by molar-refractivity contribution is 5.92. The topological polar surface area (TPSA) is 62.7 Å². The van der Waals surface area contributed by atoms with Crippen LogP contribution < -0.4 is 10.9 Å². The molecule has 0 amide bonds. The maximum Gasteiger partial charge on any atom is 0.254 e. The van der Waals surface area contributed by atoms with Gasteiger partial charge in [-0.25, -0.2) is 4.68 Å². The van der Waals surface area contributed by atoms with Crippen LogP contribution in [0, 0.1) is 6.92 Å². The van der Waals surface area contributed by atoms with E-state index in [4.69, 9.17) is 5.10 Å². The van der Waals surface area contributed by atoms with Crippen molar-refractivity contribution in [1.29, 1.82) is 0 Å². The molecule has 4 aromatic rings. The highest BCUT2D eigenvalue weighted by Gasteiger charge is 2.18. The Morgan fingerprint density at radius 1 is 1.03 bits per heavy atom. The van der Waals surface area contributed by atoms with Gasteiger partial charge in [-0.05, 0) is 38.0 Å². The van der Waals surface area contributed by atoms with Crippen molar-refractivity contribution in [3.8, 4) is 16.9 Å². The fourth-order valence-corrected chi connectivity index (χ4v) is 4.49. The van der Waals surface area contributed by atoms with E-state index in [1.165, 1.54) is 37.7 Å². The predicted octanol–water partition coefficient (Wildman–Crippen LogP) is 5.11. The van der Waals surface area contributed by atoms with E-state index in [9.17, 15) is 4.79 Å². The Kier molecular flexibility index (Phi) is 5.43. The fraction of sp³-hybridized carbons (Fsp3) is 0.308. The summed E-state index contributed by atoms with van der Waals surface area (Å²) in [4.78, 5) is 16.1. The molecule has 0 aliphatic heterocycles. The van der Waals surface area contributed by atoms with Crippen LogP contribution in [0.15, 0.2) is 65.5 Å². The summed E-state index contributed by atoms with van der Waals surface area (Å²) in [6.45, 7) is 2.66. The van der Waals surface area contributed by atoms with Crippen molar-refractivity contribution < 1.29 is 0 Å². The molecule has 0 spiro atoms. The summed E-state index contributed by atoms with van der Waals surface area (Å²) in [6.07, 6.45) is 6.26. The number of aryl methyl sites for hydroxylation is 1. The van der Waals surface area contributed by atoms with E-state index in [1.807, 2.05) is 41.1 Å². The van der Waals surface area contributed by atoms with Crippen LogP contribution in [0.5, 0.6) is 0 Å². The average Bonchev–Trinajstić information content (AvgIpc) is 3.17. The van der Waals surface area contributed by atoms with Gasteiger partial charge in [0.2, 0.25) is 0 Å². The Morgan fingerprint density at radius 2 is 1.77 bits per heavy atom. The minimum Gasteiger partial charge on any atom is -0.310 e. The second kappa shape index (κ2) is 8.52. The second-order valence-electron chi connectivity index (χ2n) is 8.56. The SMILES string of the molecule is Cc1ccc(-c2nn(-c3ccccc3)c3[nH]c(=O)c(CNC4CCCCC4)cc23)cc1. The zero-order valence-electron chi connectivity index (χ0n) is 17.9. The first-order valence-corrected chi connectivity index (χ1v) is 11.2. The first-order valence-electron chi connectivity index (χ1n) is 11.2. The van der Waals surface area contributed by atoms with Crippen molar-refractivity contribution in [3.63, 3.8) is 0 Å². The summed E-state index contributed by atoms with van der Waals surface area (Å²) in [5.74, 6) is 0. The molecule has 0 radical (unpaired) electrons. The van der Waals surface area contributed by atoms with E-state index in [-0.39, 0.29) is 5.56 Å². The molecule has 2 heterocycles. The van der Waals surface area contributed by atoms with Crippen molar-refractivity contribution in [1.82, 2.24) is 20.1 Å². The van der Waals surface area contributed by atoms with Crippen LogP contribution in [0.1, 0.15) is 43.2 Å². The summed E-state index contributed by atoms with van der Waals surface area (Å²) in [5, 5.41) is 9.48. The van der Waals surface area contributed by atoms with Crippen molar-refractivity contribution in [2.24, 2.45) is 0 Å². The predicted molar refractivity (Wildman–Crippen MR) is 126 cm³/mol. The van der Waals surface area contributed by atoms with Crippen LogP contribution in [0.3, 0.4) is 0 Å². The van der Waals surface area contributed by atoms with Gasteiger partial charge in [0, 0.05) is 29.1 Å². The molecule has 2 aromatic heterocycles. The van der Waals surface area contributed by atoms with E-state index in [1.54, 1.807) is 0 Å². The number of aromatic amines is 1. The van der Waals surface area contributed by atoms with Gasteiger partial charge >= 0.3 is 0 Å². The molecule has 158 valence electrons. The Bertz CT molecular complexity index is 1230. The van der Waals surface area contributed by atoms with Gasteiger partial charge in [-0.3, -0.25) is 4.79 Å². The van der Waals surface area contributed by atoms with Gasteiger partial charge < -0.3 is 10.3 Å². The lowest BCUT2D eigenvalue weighted by Gasteiger charge is -2.22. The molecule has 5 nitrogen and oxygen atoms in total. The fourth-order valence-electron chi connectivity index (χ4n) is 4.49. The Morgan fingerprint density at radius 3 is 2.52 bits per heavy atom. The lowest BCUT2D eigenvalue weighted by atomic mass is 9.95. The highest BCUT2D eigenvalue weighted by atomic mass is 16.1. The molecule has 31 heavy (non-hydrogen) atoms. The molecule has 2 N–H and O–H groups in total. The van der Waals surface area contributed by atoms with Gasteiger partial charge in [0.1, 0.15) is 11.3 Å². The second-order valence-corrected chi connectivity index (χ2v) is 8.56. The largest absolute Gasteiger partial charge is 0.310 e. The van der Waals surface area contributed by atoms with Gasteiger partial charge in [-0.2, -0.15) is 5.10 Å². The molecule has 1 aliphatic carbocycles. The summed E-state index contributed by atoms with van der Waals surface area (Å²) in [6, 6.07) is 20.9. The summed E-state index contributed by atoms with van der Waals surface area (Å²) in [7, 11) is 0. The number of pyridine rings is 1. The monoisotopic (exact) mass is 412 g/mol. The smallest absolute Gasteiger partial charge is 0.254 e. The minimum absolute atomic E-state index is 0.0525. The lowest BCUT2D eigenvalue weighted by molar-refractivity contribution is 0.372. The van der Waals surface area contributed by atoms with Crippen molar-refractivity contribution in [2.45, 2.75) is 51.6 Å². The molecular weight excluding hydrogens is 384 g/mol. The molecule has 2 aromatic carbocycles. The van der Waals surface area contributed by atoms with Crippen LogP contribution in [-0.2, 0) is 6.54 Å². The van der Waals surface area contributed by atoms with E-state index < -0.39 is 0 Å². The number of para-hydroxylation sites is 1. The third-order valence-electron chi connectivity index (χ3n) is 6.28. The van der Waals surface area contributed by atoms with E-state index >= 15 is 0 Å². The Labute approximate surface area is 182 Å². The number of benzene rings is 2. The number of aromatic nitrogens is 3. The lowest BCUT2D eigenvalue weighted by Crippen LogP contribution is -2.32. The molecule has 5 rings (SSSR count). The number of rotatable bonds is 5. The third kappa shape index (κ3) is 4.06. The first kappa shape index (κ1) is 19.8. The van der Waals surface area contributed by atoms with E-state index in [0.717, 1.165) is 33.5 Å². The molecule has 0 atom stereocenters. The molecule has 1 saturated carbocycles. The van der Waals surface area contributed by atoms with Crippen LogP contribution >= 0.6 is 0 Å². The Balaban J connectivity index is 1.60. The van der Waals surface area contributed by atoms with Crippen LogP contribution in [0.2, 0.25) is 0 Å². The number of nitrogens with zero attached hydrogens (tertiary/aromatic N) is 2. The van der Waals surface area contributed by atoms with Crippen molar-refractivity contribution in [3.05, 3.63) is 82.1 Å². The van der Waals surface area contributed by atoms with Crippen LogP contribution in [0.4, 0.5) is 0 Å². The van der Waals surface area contributed by atoms with Crippen molar-refractivity contribution >= 4 is 11.0 Å². The molecule has 1 aliphatic rings. The average molecular weight is 413 g/mol. The summed E-state index contributed by atoms with van der Waals surface area (Å²) < 4.78 is 1.84. The number of nitrogens with one attached hydrogen (secondary N) is 2. The minimum atomic E-state index is -0.0525. The Hall–Kier alpha value is -3.18. The number of hydrogen-bond acceptors (Lipinski definition) is 3. The third-order valence-corrected chi connectivity index (χ3v) is 6.28. The summed E-state index contributed by atoms with van der Waals surface area (Å²) in [5.41, 5.74) is 5.50. The maximum atomic E-state index is 12.9. The van der Waals surface area contributed by atoms with Gasteiger partial charge in [0.25, 0.3) is 5.56 Å². The molecule has 1 fully saturated rings. The molecule has 0 saturated heterocycles. The summed E-state index contributed by atoms with van der Waals surface area (Å²) >= 11 is 0. The van der Waals surface area contributed by atoms with Crippen molar-refractivity contribution in [2.75, 3.05) is 0 Å². The highest BCUT2D eigenvalue weighted by Crippen LogP contribution is 2.29. The number of hydrogen-bond donors (Lipinski definition) is 2. The zero-order chi connectivity index (χ0) is 21.2. The van der Waals surface area contributed by atoms with Gasteiger partial charge in [0.15, 0.2) is 0 Å². The van der Waals surface area contributed by atoms with Crippen LogP contribution in [-0.4, -0.2) is 20.8 Å². The molecular formula is C26H28N4O. The van der Waals surface area contributed by atoms with Gasteiger partial charge in [-0.15, -0.1) is 0 Å². The van der Waals surface area contributed by atoms with Crippen LogP contribution in [0.25, 0.3) is 28.0 Å². The molecule has 5 heteroatoms. The zero-order valence-corrected chi connectivity index (χ0v) is 17.9. The van der Waals surface area contributed by atoms with Gasteiger partial charge in [-0.1, -0.05) is 67.3 Å².